The number of amides is 1. The number of nitrogens with two attached hydrogens (primary N) is 1. The van der Waals surface area contributed by atoms with Crippen molar-refractivity contribution in [3.63, 3.8) is 0 Å². The van der Waals surface area contributed by atoms with E-state index in [-0.39, 0.29) is 46.0 Å². The Balaban J connectivity index is 1.79. The van der Waals surface area contributed by atoms with Gasteiger partial charge < -0.3 is 30.5 Å². The maximum Gasteiger partial charge on any atom is 0.253 e. The number of nitrogens with zero attached hydrogens (tertiary/aromatic N) is 2. The van der Waals surface area contributed by atoms with Gasteiger partial charge in [0.05, 0.1) is 0 Å². The van der Waals surface area contributed by atoms with Crippen molar-refractivity contribution in [2.75, 3.05) is 34.2 Å². The minimum atomic E-state index is -1.57. The SMILES string of the molecule is CNN1C(Oc2cccc(C(=O)N(C)C)c2)=C(F)C(C2CCNCC2)=C(F)C1Oc1cc(C(=N)N)ccc1O. The van der Waals surface area contributed by atoms with Gasteiger partial charge in [-0.05, 0) is 68.2 Å². The Morgan fingerprint density at radius 3 is 2.54 bits per heavy atom. The number of allylic oxidation sites excluding steroid dienone is 2. The number of hydrazine groups is 1. The van der Waals surface area contributed by atoms with Gasteiger partial charge in [0.15, 0.2) is 23.2 Å². The number of phenolic OH excluding ortho intramolecular Hbond substituents is 1. The van der Waals surface area contributed by atoms with Crippen LogP contribution in [-0.4, -0.2) is 67.2 Å². The van der Waals surface area contributed by atoms with Crippen LogP contribution in [0.2, 0.25) is 0 Å². The number of phenols is 1. The van der Waals surface area contributed by atoms with Gasteiger partial charge in [-0.3, -0.25) is 10.2 Å². The van der Waals surface area contributed by atoms with Crippen LogP contribution >= 0.6 is 0 Å². The van der Waals surface area contributed by atoms with Crippen molar-refractivity contribution >= 4 is 11.7 Å². The van der Waals surface area contributed by atoms with E-state index >= 15 is 8.78 Å². The first kappa shape index (κ1) is 27.9. The summed E-state index contributed by atoms with van der Waals surface area (Å²) in [4.78, 5) is 13.9. The standard InChI is InChI=1S/C27H32F2N6O4/c1-32-35-26(38-18-6-4-5-17(13-18)25(37)34(2)3)22(28)21(15-9-11-33-12-10-15)23(29)27(35)39-20-14-16(24(30)31)7-8-19(20)36/h4-8,13-15,27,32-33,36H,9-12H2,1-3H3,(H3,30,31). The number of carbonyl (C=O) groups excluding carboxylic acids is 1. The number of hydrogen-bond acceptors (Lipinski definition) is 8. The third-order valence-corrected chi connectivity index (χ3v) is 6.55. The fraction of sp³-hybridized carbons (Fsp3) is 0.333. The highest BCUT2D eigenvalue weighted by atomic mass is 19.1. The molecule has 0 aromatic heterocycles. The molecule has 0 radical (unpaired) electrons. The predicted octanol–water partition coefficient (Wildman–Crippen LogP) is 2.97. The second kappa shape index (κ2) is 11.7. The molecule has 208 valence electrons. The summed E-state index contributed by atoms with van der Waals surface area (Å²) >= 11 is 0. The molecule has 2 aromatic carbocycles. The third kappa shape index (κ3) is 5.81. The lowest BCUT2D eigenvalue weighted by atomic mass is 9.87. The summed E-state index contributed by atoms with van der Waals surface area (Å²) in [7, 11) is 4.66. The molecule has 10 nitrogen and oxygen atoms in total. The van der Waals surface area contributed by atoms with Gasteiger partial charge in [0.1, 0.15) is 11.6 Å². The number of carbonyl (C=O) groups is 1. The van der Waals surface area contributed by atoms with E-state index in [2.05, 4.69) is 10.7 Å². The molecule has 1 amide bonds. The Morgan fingerprint density at radius 1 is 1.18 bits per heavy atom. The summed E-state index contributed by atoms with van der Waals surface area (Å²) in [5.74, 6) is -3.48. The molecular weight excluding hydrogens is 510 g/mol. The number of hydrogen-bond donors (Lipinski definition) is 5. The first-order valence-corrected chi connectivity index (χ1v) is 12.4. The molecule has 39 heavy (non-hydrogen) atoms. The molecule has 0 spiro atoms. The van der Waals surface area contributed by atoms with Crippen molar-refractivity contribution in [3.8, 4) is 17.2 Å². The first-order valence-electron chi connectivity index (χ1n) is 12.4. The molecule has 2 aliphatic heterocycles. The molecule has 1 saturated heterocycles. The Bertz CT molecular complexity index is 1320. The lowest BCUT2D eigenvalue weighted by Gasteiger charge is -2.38. The Morgan fingerprint density at radius 2 is 1.90 bits per heavy atom. The molecule has 6 N–H and O–H groups in total. The average molecular weight is 543 g/mol. The molecule has 0 bridgehead atoms. The summed E-state index contributed by atoms with van der Waals surface area (Å²) in [5, 5.41) is 22.3. The van der Waals surface area contributed by atoms with Crippen LogP contribution in [0.3, 0.4) is 0 Å². The zero-order valence-electron chi connectivity index (χ0n) is 21.9. The highest BCUT2D eigenvalue weighted by molar-refractivity contribution is 5.95. The molecule has 1 unspecified atom stereocenters. The van der Waals surface area contributed by atoms with E-state index in [1.807, 2.05) is 0 Å². The van der Waals surface area contributed by atoms with Crippen LogP contribution in [0.1, 0.15) is 28.8 Å². The number of piperidine rings is 1. The fourth-order valence-corrected chi connectivity index (χ4v) is 4.54. The van der Waals surface area contributed by atoms with Gasteiger partial charge in [-0.15, -0.1) is 0 Å². The smallest absolute Gasteiger partial charge is 0.253 e. The van der Waals surface area contributed by atoms with Crippen LogP contribution in [0, 0.1) is 11.3 Å². The largest absolute Gasteiger partial charge is 0.504 e. The molecule has 2 heterocycles. The van der Waals surface area contributed by atoms with Crippen molar-refractivity contribution < 1.29 is 28.2 Å². The third-order valence-electron chi connectivity index (χ3n) is 6.55. The van der Waals surface area contributed by atoms with Crippen LogP contribution in [-0.2, 0) is 0 Å². The van der Waals surface area contributed by atoms with Gasteiger partial charge in [0.25, 0.3) is 11.8 Å². The quantitative estimate of drug-likeness (QED) is 0.254. The molecule has 1 fully saturated rings. The number of nitrogens with one attached hydrogen (secondary N) is 3. The van der Waals surface area contributed by atoms with E-state index in [9.17, 15) is 9.90 Å². The molecule has 0 saturated carbocycles. The fourth-order valence-electron chi connectivity index (χ4n) is 4.54. The summed E-state index contributed by atoms with van der Waals surface area (Å²) in [5.41, 5.74) is 8.69. The van der Waals surface area contributed by atoms with Gasteiger partial charge in [-0.1, -0.05) is 6.07 Å². The maximum absolute atomic E-state index is 16.2. The van der Waals surface area contributed by atoms with E-state index in [1.165, 1.54) is 36.2 Å². The van der Waals surface area contributed by atoms with Gasteiger partial charge in [0.2, 0.25) is 6.23 Å². The highest BCUT2D eigenvalue weighted by Gasteiger charge is 2.42. The minimum absolute atomic E-state index is 0.153. The first-order chi connectivity index (χ1) is 18.6. The Kier molecular flexibility index (Phi) is 8.36. The van der Waals surface area contributed by atoms with Crippen molar-refractivity contribution in [2.45, 2.75) is 19.1 Å². The lowest BCUT2D eigenvalue weighted by Crippen LogP contribution is -2.51. The summed E-state index contributed by atoms with van der Waals surface area (Å²) < 4.78 is 44.2. The predicted molar refractivity (Wildman–Crippen MR) is 141 cm³/mol. The lowest BCUT2D eigenvalue weighted by molar-refractivity contribution is -0.0105. The van der Waals surface area contributed by atoms with Gasteiger partial charge in [0, 0.05) is 37.8 Å². The van der Waals surface area contributed by atoms with Crippen molar-refractivity contribution in [1.82, 2.24) is 20.7 Å². The Hall–Kier alpha value is -4.16. The number of benzene rings is 2. The van der Waals surface area contributed by atoms with E-state index in [0.717, 1.165) is 5.01 Å². The molecule has 4 rings (SSSR count). The summed E-state index contributed by atoms with van der Waals surface area (Å²) in [6.07, 6.45) is -0.588. The number of aromatic hydroxyl groups is 1. The molecule has 2 aromatic rings. The summed E-state index contributed by atoms with van der Waals surface area (Å²) in [6.45, 7) is 1.17. The van der Waals surface area contributed by atoms with E-state index in [0.29, 0.717) is 31.5 Å². The number of amidine groups is 1. The molecule has 0 aliphatic carbocycles. The van der Waals surface area contributed by atoms with Gasteiger partial charge in [-0.25, -0.2) is 19.2 Å². The maximum atomic E-state index is 16.2. The second-order valence-corrected chi connectivity index (χ2v) is 9.39. The van der Waals surface area contributed by atoms with E-state index < -0.39 is 23.8 Å². The number of ether oxygens (including phenoxy) is 2. The van der Waals surface area contributed by atoms with Crippen molar-refractivity contribution in [2.24, 2.45) is 11.7 Å². The van der Waals surface area contributed by atoms with E-state index in [4.69, 9.17) is 20.6 Å². The normalized spacial score (nSPS) is 18.3. The minimum Gasteiger partial charge on any atom is -0.504 e. The second-order valence-electron chi connectivity index (χ2n) is 9.39. The number of nitrogen functional groups attached to an aromatic ring is 1. The van der Waals surface area contributed by atoms with Crippen LogP contribution in [0.4, 0.5) is 8.78 Å². The van der Waals surface area contributed by atoms with Crippen LogP contribution in [0.5, 0.6) is 17.2 Å². The van der Waals surface area contributed by atoms with Crippen LogP contribution < -0.4 is 25.9 Å². The zero-order chi connectivity index (χ0) is 28.3. The van der Waals surface area contributed by atoms with Gasteiger partial charge >= 0.3 is 0 Å². The molecular formula is C27H32F2N6O4. The van der Waals surface area contributed by atoms with Crippen molar-refractivity contribution in [1.29, 1.82) is 5.41 Å². The van der Waals surface area contributed by atoms with Crippen molar-refractivity contribution in [3.05, 3.63) is 76.7 Å². The van der Waals surface area contributed by atoms with Crippen LogP contribution in [0.15, 0.2) is 65.6 Å². The van der Waals surface area contributed by atoms with Crippen LogP contribution in [0.25, 0.3) is 0 Å². The average Bonchev–Trinajstić information content (AvgIpc) is 2.92. The zero-order valence-corrected chi connectivity index (χ0v) is 21.9. The number of halogens is 2. The highest BCUT2D eigenvalue weighted by Crippen LogP contribution is 2.42. The Labute approximate surface area is 225 Å². The monoisotopic (exact) mass is 542 g/mol. The summed E-state index contributed by atoms with van der Waals surface area (Å²) in [6, 6.07) is 10.2. The van der Waals surface area contributed by atoms with Gasteiger partial charge in [-0.2, -0.15) is 0 Å². The molecule has 2 aliphatic rings. The topological polar surface area (TPSA) is 136 Å². The molecule has 1 atom stereocenters. The number of rotatable bonds is 8. The van der Waals surface area contributed by atoms with E-state index in [1.54, 1.807) is 32.3 Å². The molecule has 12 heteroatoms.